The van der Waals surface area contributed by atoms with Crippen LogP contribution >= 0.6 is 0 Å². The first-order valence-electron chi connectivity index (χ1n) is 7.15. The highest BCUT2D eigenvalue weighted by molar-refractivity contribution is 5.30. The Morgan fingerprint density at radius 1 is 1.10 bits per heavy atom. The Labute approximate surface area is 121 Å². The van der Waals surface area contributed by atoms with Crippen LogP contribution in [0.25, 0.3) is 0 Å². The summed E-state index contributed by atoms with van der Waals surface area (Å²) in [4.78, 5) is 0. The van der Waals surface area contributed by atoms with Crippen molar-refractivity contribution in [3.05, 3.63) is 65.2 Å². The van der Waals surface area contributed by atoms with Crippen molar-refractivity contribution in [1.82, 2.24) is 5.32 Å². The fraction of sp³-hybridized carbons (Fsp3) is 0.333. The Morgan fingerprint density at radius 2 is 1.85 bits per heavy atom. The van der Waals surface area contributed by atoms with E-state index in [1.807, 2.05) is 12.1 Å². The number of nitrogens with one attached hydrogen (secondary N) is 1. The first kappa shape index (κ1) is 14.6. The lowest BCUT2D eigenvalue weighted by Gasteiger charge is -2.19. The first-order chi connectivity index (χ1) is 9.72. The van der Waals surface area contributed by atoms with E-state index in [9.17, 15) is 0 Å². The summed E-state index contributed by atoms with van der Waals surface area (Å²) in [6.45, 7) is 5.26. The fourth-order valence-corrected chi connectivity index (χ4v) is 2.44. The zero-order valence-corrected chi connectivity index (χ0v) is 12.5. The normalized spacial score (nSPS) is 12.2. The van der Waals surface area contributed by atoms with Crippen LogP contribution < -0.4 is 10.1 Å². The summed E-state index contributed by atoms with van der Waals surface area (Å²) in [6.07, 6.45) is 0.987. The molecule has 2 aromatic rings. The van der Waals surface area contributed by atoms with E-state index in [1.54, 1.807) is 7.11 Å². The zero-order chi connectivity index (χ0) is 14.4. The SMILES string of the molecule is CCNC(Cc1ccc(OC)cc1)c1cccc(C)c1. The van der Waals surface area contributed by atoms with Crippen LogP contribution in [-0.2, 0) is 6.42 Å². The molecule has 0 aliphatic rings. The second kappa shape index (κ2) is 7.11. The minimum Gasteiger partial charge on any atom is -0.497 e. The molecule has 0 aliphatic heterocycles. The van der Waals surface area contributed by atoms with Crippen molar-refractivity contribution >= 4 is 0 Å². The minimum absolute atomic E-state index is 0.355. The van der Waals surface area contributed by atoms with Crippen LogP contribution in [0.1, 0.15) is 29.7 Å². The third kappa shape index (κ3) is 3.84. The molecule has 1 N–H and O–H groups in total. The van der Waals surface area contributed by atoms with E-state index >= 15 is 0 Å². The number of ether oxygens (including phenoxy) is 1. The topological polar surface area (TPSA) is 21.3 Å². The van der Waals surface area contributed by atoms with E-state index in [2.05, 4.69) is 55.6 Å². The van der Waals surface area contributed by atoms with Gasteiger partial charge in [-0.05, 0) is 43.1 Å². The number of likely N-dealkylation sites (N-methyl/N-ethyl adjacent to an activating group) is 1. The summed E-state index contributed by atoms with van der Waals surface area (Å²) >= 11 is 0. The van der Waals surface area contributed by atoms with Gasteiger partial charge in [-0.2, -0.15) is 0 Å². The van der Waals surface area contributed by atoms with Crippen LogP contribution in [0.4, 0.5) is 0 Å². The number of rotatable bonds is 6. The van der Waals surface area contributed by atoms with Crippen molar-refractivity contribution < 1.29 is 4.74 Å². The summed E-state index contributed by atoms with van der Waals surface area (Å²) in [5, 5.41) is 3.57. The van der Waals surface area contributed by atoms with E-state index in [1.165, 1.54) is 16.7 Å². The van der Waals surface area contributed by atoms with E-state index in [-0.39, 0.29) is 0 Å². The van der Waals surface area contributed by atoms with E-state index < -0.39 is 0 Å². The lowest BCUT2D eigenvalue weighted by molar-refractivity contribution is 0.414. The Kier molecular flexibility index (Phi) is 5.19. The molecule has 0 spiro atoms. The fourth-order valence-electron chi connectivity index (χ4n) is 2.44. The van der Waals surface area contributed by atoms with Crippen molar-refractivity contribution in [3.63, 3.8) is 0 Å². The van der Waals surface area contributed by atoms with E-state index in [0.717, 1.165) is 18.7 Å². The number of hydrogen-bond acceptors (Lipinski definition) is 2. The molecule has 106 valence electrons. The van der Waals surface area contributed by atoms with Gasteiger partial charge in [0.2, 0.25) is 0 Å². The van der Waals surface area contributed by atoms with Gasteiger partial charge in [0.1, 0.15) is 5.75 Å². The summed E-state index contributed by atoms with van der Waals surface area (Å²) in [5.74, 6) is 0.907. The second-order valence-corrected chi connectivity index (χ2v) is 5.08. The zero-order valence-electron chi connectivity index (χ0n) is 12.5. The predicted molar refractivity (Wildman–Crippen MR) is 84.3 cm³/mol. The minimum atomic E-state index is 0.355. The van der Waals surface area contributed by atoms with E-state index in [4.69, 9.17) is 4.74 Å². The first-order valence-corrected chi connectivity index (χ1v) is 7.15. The van der Waals surface area contributed by atoms with E-state index in [0.29, 0.717) is 6.04 Å². The van der Waals surface area contributed by atoms with Crippen molar-refractivity contribution in [2.24, 2.45) is 0 Å². The average Bonchev–Trinajstić information content (AvgIpc) is 2.47. The maximum atomic E-state index is 5.21. The Bertz CT molecular complexity index is 533. The van der Waals surface area contributed by atoms with Gasteiger partial charge in [-0.25, -0.2) is 0 Å². The van der Waals surface area contributed by atoms with Crippen molar-refractivity contribution in [2.75, 3.05) is 13.7 Å². The van der Waals surface area contributed by atoms with Gasteiger partial charge >= 0.3 is 0 Å². The van der Waals surface area contributed by atoms with Gasteiger partial charge in [-0.3, -0.25) is 0 Å². The van der Waals surface area contributed by atoms with Crippen LogP contribution in [-0.4, -0.2) is 13.7 Å². The summed E-state index contributed by atoms with van der Waals surface area (Å²) in [7, 11) is 1.70. The van der Waals surface area contributed by atoms with Gasteiger partial charge in [0.05, 0.1) is 7.11 Å². The molecule has 0 saturated carbocycles. The molecule has 2 heteroatoms. The molecule has 2 rings (SSSR count). The number of benzene rings is 2. The summed E-state index contributed by atoms with van der Waals surface area (Å²) < 4.78 is 5.21. The van der Waals surface area contributed by atoms with Crippen LogP contribution in [0.2, 0.25) is 0 Å². The van der Waals surface area contributed by atoms with Crippen molar-refractivity contribution in [1.29, 1.82) is 0 Å². The molecule has 20 heavy (non-hydrogen) atoms. The maximum absolute atomic E-state index is 5.21. The van der Waals surface area contributed by atoms with Gasteiger partial charge in [0.15, 0.2) is 0 Å². The molecule has 0 fully saturated rings. The molecule has 2 aromatic carbocycles. The van der Waals surface area contributed by atoms with Crippen LogP contribution in [0.3, 0.4) is 0 Å². The summed E-state index contributed by atoms with van der Waals surface area (Å²) in [5.41, 5.74) is 3.97. The molecule has 0 heterocycles. The van der Waals surface area contributed by atoms with Gasteiger partial charge in [-0.1, -0.05) is 48.9 Å². The van der Waals surface area contributed by atoms with Gasteiger partial charge in [-0.15, -0.1) is 0 Å². The number of methoxy groups -OCH3 is 1. The molecule has 0 aromatic heterocycles. The highest BCUT2D eigenvalue weighted by Gasteiger charge is 2.11. The molecule has 0 bridgehead atoms. The summed E-state index contributed by atoms with van der Waals surface area (Å²) in [6, 6.07) is 17.4. The van der Waals surface area contributed by atoms with Crippen molar-refractivity contribution in [2.45, 2.75) is 26.3 Å². The maximum Gasteiger partial charge on any atom is 0.118 e. The Morgan fingerprint density at radius 3 is 2.45 bits per heavy atom. The van der Waals surface area contributed by atoms with Crippen molar-refractivity contribution in [3.8, 4) is 5.75 Å². The van der Waals surface area contributed by atoms with Gasteiger partial charge in [0.25, 0.3) is 0 Å². The van der Waals surface area contributed by atoms with Crippen LogP contribution in [0.15, 0.2) is 48.5 Å². The standard InChI is InChI=1S/C18H23NO/c1-4-19-18(16-7-5-6-14(2)12-16)13-15-8-10-17(20-3)11-9-15/h5-12,18-19H,4,13H2,1-3H3. The number of hydrogen-bond donors (Lipinski definition) is 1. The number of aryl methyl sites for hydroxylation is 1. The van der Waals surface area contributed by atoms with Crippen LogP contribution in [0.5, 0.6) is 5.75 Å². The lowest BCUT2D eigenvalue weighted by Crippen LogP contribution is -2.23. The lowest BCUT2D eigenvalue weighted by atomic mass is 9.97. The molecule has 0 aliphatic carbocycles. The predicted octanol–water partition coefficient (Wildman–Crippen LogP) is 3.90. The van der Waals surface area contributed by atoms with Gasteiger partial charge in [0, 0.05) is 6.04 Å². The monoisotopic (exact) mass is 269 g/mol. The molecule has 1 unspecified atom stereocenters. The highest BCUT2D eigenvalue weighted by Crippen LogP contribution is 2.21. The average molecular weight is 269 g/mol. The molecule has 0 amide bonds. The molecule has 2 nitrogen and oxygen atoms in total. The molecule has 0 saturated heterocycles. The Balaban J connectivity index is 2.16. The van der Waals surface area contributed by atoms with Crippen LogP contribution in [0, 0.1) is 6.92 Å². The van der Waals surface area contributed by atoms with Gasteiger partial charge < -0.3 is 10.1 Å². The Hall–Kier alpha value is -1.80. The third-order valence-corrected chi connectivity index (χ3v) is 3.49. The molecular formula is C18H23NO. The largest absolute Gasteiger partial charge is 0.497 e. The third-order valence-electron chi connectivity index (χ3n) is 3.49. The smallest absolute Gasteiger partial charge is 0.118 e. The molecule has 0 radical (unpaired) electrons. The molecule has 1 atom stereocenters. The molecular weight excluding hydrogens is 246 g/mol. The quantitative estimate of drug-likeness (QED) is 0.859. The highest BCUT2D eigenvalue weighted by atomic mass is 16.5. The second-order valence-electron chi connectivity index (χ2n) is 5.08.